The molecule has 1 atom stereocenters. The lowest BCUT2D eigenvalue weighted by molar-refractivity contribution is -0.140. The van der Waals surface area contributed by atoms with Gasteiger partial charge >= 0.3 is 0 Å². The van der Waals surface area contributed by atoms with Crippen molar-refractivity contribution in [1.82, 2.24) is 10.2 Å². The van der Waals surface area contributed by atoms with Gasteiger partial charge in [-0.1, -0.05) is 96.0 Å². The fraction of sp³-hybridized carbons (Fsp3) is 0.235. The van der Waals surface area contributed by atoms with Crippen LogP contribution in [-0.2, 0) is 32.6 Å². The molecular formula is C34H35Cl2N3O4S. The number of para-hydroxylation sites is 1. The van der Waals surface area contributed by atoms with Crippen LogP contribution < -0.4 is 9.62 Å². The first-order valence-corrected chi connectivity index (χ1v) is 16.3. The van der Waals surface area contributed by atoms with Crippen LogP contribution in [0.3, 0.4) is 0 Å². The number of halogens is 2. The summed E-state index contributed by atoms with van der Waals surface area (Å²) in [5, 5.41) is 3.66. The number of anilines is 1. The molecule has 0 aliphatic heterocycles. The van der Waals surface area contributed by atoms with Crippen LogP contribution in [0, 0.1) is 0 Å². The molecule has 0 spiro atoms. The largest absolute Gasteiger partial charge is 0.350 e. The van der Waals surface area contributed by atoms with Crippen molar-refractivity contribution in [3.05, 3.63) is 130 Å². The highest BCUT2D eigenvalue weighted by molar-refractivity contribution is 7.92. The third-order valence-electron chi connectivity index (χ3n) is 6.76. The molecule has 0 unspecified atom stereocenters. The molecule has 0 aliphatic rings. The van der Waals surface area contributed by atoms with Crippen molar-refractivity contribution < 1.29 is 18.0 Å². The van der Waals surface area contributed by atoms with Gasteiger partial charge in [-0.15, -0.1) is 0 Å². The van der Waals surface area contributed by atoms with Crippen LogP contribution in [0.1, 0.15) is 31.9 Å². The number of sulfonamides is 1. The summed E-state index contributed by atoms with van der Waals surface area (Å²) in [7, 11) is -4.15. The van der Waals surface area contributed by atoms with Gasteiger partial charge in [-0.3, -0.25) is 13.9 Å². The van der Waals surface area contributed by atoms with Gasteiger partial charge in [0.15, 0.2) is 0 Å². The molecule has 4 aromatic carbocycles. The van der Waals surface area contributed by atoms with E-state index in [9.17, 15) is 18.0 Å². The van der Waals surface area contributed by atoms with Gasteiger partial charge in [0.1, 0.15) is 12.6 Å². The number of benzene rings is 4. The summed E-state index contributed by atoms with van der Waals surface area (Å²) in [6.07, 6.45) is 0.201. The number of carbonyl (C=O) groups excluding carboxylic acids is 2. The molecule has 4 rings (SSSR count). The molecule has 0 aromatic heterocycles. The first-order chi connectivity index (χ1) is 20.8. The van der Waals surface area contributed by atoms with Crippen LogP contribution in [0.25, 0.3) is 0 Å². The van der Waals surface area contributed by atoms with E-state index in [0.29, 0.717) is 21.3 Å². The summed E-state index contributed by atoms with van der Waals surface area (Å²) in [5.74, 6) is -0.934. The van der Waals surface area contributed by atoms with Crippen LogP contribution in [0.5, 0.6) is 0 Å². The van der Waals surface area contributed by atoms with E-state index in [0.717, 1.165) is 9.87 Å². The van der Waals surface area contributed by atoms with Crippen LogP contribution >= 0.6 is 23.2 Å². The molecule has 0 radical (unpaired) electrons. The standard InChI is InChI=1S/C34H35Cl2N3O4S/c1-34(2,3)37-33(41)31(22-25-13-7-4-8-14-25)38(23-26-19-20-29(35)30(36)21-26)32(40)24-39(27-15-9-5-10-16-27)44(42,43)28-17-11-6-12-18-28/h4-21,31H,22-24H2,1-3H3,(H,37,41)/t31-/m1/s1. The van der Waals surface area contributed by atoms with Crippen molar-refractivity contribution in [2.24, 2.45) is 0 Å². The summed E-state index contributed by atoms with van der Waals surface area (Å²) >= 11 is 12.5. The SMILES string of the molecule is CC(C)(C)NC(=O)[C@@H](Cc1ccccc1)N(Cc1ccc(Cl)c(Cl)c1)C(=O)CN(c1ccccc1)S(=O)(=O)c1ccccc1. The number of rotatable bonds is 11. The Balaban J connectivity index is 1.81. The van der Waals surface area contributed by atoms with Crippen molar-refractivity contribution in [2.45, 2.75) is 50.2 Å². The molecule has 0 saturated carbocycles. The topological polar surface area (TPSA) is 86.8 Å². The summed E-state index contributed by atoms with van der Waals surface area (Å²) in [6.45, 7) is 5.02. The van der Waals surface area contributed by atoms with E-state index in [2.05, 4.69) is 5.32 Å². The highest BCUT2D eigenvalue weighted by Crippen LogP contribution is 2.27. The van der Waals surface area contributed by atoms with Crippen molar-refractivity contribution >= 4 is 50.7 Å². The molecule has 2 amide bonds. The number of nitrogens with one attached hydrogen (secondary N) is 1. The zero-order chi connectivity index (χ0) is 31.9. The predicted octanol–water partition coefficient (Wildman–Crippen LogP) is 6.74. The lowest BCUT2D eigenvalue weighted by Gasteiger charge is -2.35. The van der Waals surface area contributed by atoms with E-state index in [1.807, 2.05) is 51.1 Å². The molecule has 4 aromatic rings. The first-order valence-electron chi connectivity index (χ1n) is 14.1. The van der Waals surface area contributed by atoms with Gasteiger partial charge in [0.05, 0.1) is 20.6 Å². The van der Waals surface area contributed by atoms with Crippen molar-refractivity contribution in [2.75, 3.05) is 10.8 Å². The Bertz CT molecular complexity index is 1680. The second-order valence-electron chi connectivity index (χ2n) is 11.4. The van der Waals surface area contributed by atoms with Crippen molar-refractivity contribution in [1.29, 1.82) is 0 Å². The second kappa shape index (κ2) is 14.3. The van der Waals surface area contributed by atoms with Gasteiger partial charge in [0, 0.05) is 18.5 Å². The van der Waals surface area contributed by atoms with Gasteiger partial charge in [0.25, 0.3) is 10.0 Å². The average molecular weight is 653 g/mol. The number of hydrogen-bond donors (Lipinski definition) is 1. The number of amides is 2. The minimum atomic E-state index is -4.15. The van der Waals surface area contributed by atoms with Gasteiger partial charge in [0.2, 0.25) is 11.8 Å². The van der Waals surface area contributed by atoms with Gasteiger partial charge in [-0.2, -0.15) is 0 Å². The maximum Gasteiger partial charge on any atom is 0.264 e. The zero-order valence-electron chi connectivity index (χ0n) is 24.8. The zero-order valence-corrected chi connectivity index (χ0v) is 27.1. The van der Waals surface area contributed by atoms with Gasteiger partial charge in [-0.25, -0.2) is 8.42 Å². The first kappa shape index (κ1) is 33.1. The third kappa shape index (κ3) is 8.62. The Morgan fingerprint density at radius 3 is 1.91 bits per heavy atom. The number of carbonyl (C=O) groups is 2. The smallest absolute Gasteiger partial charge is 0.264 e. The van der Waals surface area contributed by atoms with Crippen LogP contribution in [0.4, 0.5) is 5.69 Å². The van der Waals surface area contributed by atoms with Crippen molar-refractivity contribution in [3.8, 4) is 0 Å². The quantitative estimate of drug-likeness (QED) is 0.194. The molecule has 0 aliphatic carbocycles. The fourth-order valence-corrected chi connectivity index (χ4v) is 6.44. The molecule has 10 heteroatoms. The minimum Gasteiger partial charge on any atom is -0.350 e. The molecule has 0 heterocycles. The second-order valence-corrected chi connectivity index (χ2v) is 14.1. The molecule has 0 fully saturated rings. The Morgan fingerprint density at radius 1 is 0.773 bits per heavy atom. The highest BCUT2D eigenvalue weighted by atomic mass is 35.5. The summed E-state index contributed by atoms with van der Waals surface area (Å²) in [4.78, 5) is 29.8. The molecule has 44 heavy (non-hydrogen) atoms. The van der Waals surface area contributed by atoms with E-state index in [4.69, 9.17) is 23.2 Å². The monoisotopic (exact) mass is 651 g/mol. The van der Waals surface area contributed by atoms with E-state index in [-0.39, 0.29) is 23.8 Å². The van der Waals surface area contributed by atoms with Crippen LogP contribution in [-0.4, -0.2) is 43.3 Å². The minimum absolute atomic E-state index is 0.0151. The Morgan fingerprint density at radius 2 is 1.34 bits per heavy atom. The van der Waals surface area contributed by atoms with Crippen LogP contribution in [0.15, 0.2) is 114 Å². The van der Waals surface area contributed by atoms with Crippen molar-refractivity contribution in [3.63, 3.8) is 0 Å². The number of nitrogens with zero attached hydrogens (tertiary/aromatic N) is 2. The third-order valence-corrected chi connectivity index (χ3v) is 9.29. The summed E-state index contributed by atoms with van der Waals surface area (Å²) < 4.78 is 29.0. The summed E-state index contributed by atoms with van der Waals surface area (Å²) in [6, 6.07) is 29.8. The van der Waals surface area contributed by atoms with Crippen LogP contribution in [0.2, 0.25) is 10.0 Å². The maximum absolute atomic E-state index is 14.4. The Hall–Kier alpha value is -3.85. The average Bonchev–Trinajstić information content (AvgIpc) is 2.99. The Kier molecular flexibility index (Phi) is 10.7. The van der Waals surface area contributed by atoms with E-state index >= 15 is 0 Å². The molecule has 0 saturated heterocycles. The van der Waals surface area contributed by atoms with E-state index < -0.39 is 34.1 Å². The van der Waals surface area contributed by atoms with E-state index in [1.165, 1.54) is 17.0 Å². The molecule has 230 valence electrons. The Labute approximate surface area is 269 Å². The maximum atomic E-state index is 14.4. The number of hydrogen-bond acceptors (Lipinski definition) is 4. The molecule has 7 nitrogen and oxygen atoms in total. The normalized spacial score (nSPS) is 12.3. The lowest BCUT2D eigenvalue weighted by atomic mass is 10.0. The molecule has 1 N–H and O–H groups in total. The van der Waals surface area contributed by atoms with Gasteiger partial charge < -0.3 is 10.2 Å². The lowest BCUT2D eigenvalue weighted by Crippen LogP contribution is -2.56. The van der Waals surface area contributed by atoms with Gasteiger partial charge in [-0.05, 0) is 68.3 Å². The fourth-order valence-electron chi connectivity index (χ4n) is 4.68. The molecular weight excluding hydrogens is 617 g/mol. The molecule has 0 bridgehead atoms. The van der Waals surface area contributed by atoms with E-state index in [1.54, 1.807) is 66.7 Å². The summed E-state index contributed by atoms with van der Waals surface area (Å²) in [5.41, 5.74) is 1.20. The highest BCUT2D eigenvalue weighted by Gasteiger charge is 2.35. The predicted molar refractivity (Wildman–Crippen MR) is 176 cm³/mol.